The van der Waals surface area contributed by atoms with E-state index in [1.165, 1.54) is 18.5 Å². The quantitative estimate of drug-likeness (QED) is 0.409. The maximum atomic E-state index is 13.6. The van der Waals surface area contributed by atoms with Crippen molar-refractivity contribution in [2.24, 2.45) is 12.8 Å². The molecule has 0 radical (unpaired) electrons. The van der Waals surface area contributed by atoms with E-state index in [0.29, 0.717) is 36.5 Å². The van der Waals surface area contributed by atoms with Crippen LogP contribution in [0, 0.1) is 5.82 Å². The summed E-state index contributed by atoms with van der Waals surface area (Å²) in [5, 5.41) is 14.7. The van der Waals surface area contributed by atoms with Gasteiger partial charge in [0, 0.05) is 24.7 Å². The first-order valence-electron chi connectivity index (χ1n) is 10.3. The largest absolute Gasteiger partial charge is 0.494 e. The molecule has 1 aliphatic rings. The summed E-state index contributed by atoms with van der Waals surface area (Å²) >= 11 is 0. The van der Waals surface area contributed by atoms with Gasteiger partial charge >= 0.3 is 0 Å². The van der Waals surface area contributed by atoms with Crippen molar-refractivity contribution >= 4 is 16.5 Å². The average Bonchev–Trinajstić information content (AvgIpc) is 3.23. The number of H-pyrrole nitrogens is 1. The topological polar surface area (TPSA) is 124 Å². The number of halogens is 1. The first kappa shape index (κ1) is 21.4. The molecule has 1 atom stereocenters. The van der Waals surface area contributed by atoms with Gasteiger partial charge in [-0.3, -0.25) is 9.48 Å². The molecule has 4 aromatic rings. The number of aromatic nitrogens is 5. The Hall–Kier alpha value is -3.79. The smallest absolute Gasteiger partial charge is 0.272 e. The van der Waals surface area contributed by atoms with Crippen molar-refractivity contribution in [2.75, 3.05) is 25.0 Å². The van der Waals surface area contributed by atoms with Crippen molar-refractivity contribution in [3.63, 3.8) is 0 Å². The fraction of sp³-hybridized carbons (Fsp3) is 0.273. The lowest BCUT2D eigenvalue weighted by Crippen LogP contribution is -2.26. The lowest BCUT2D eigenvalue weighted by atomic mass is 9.94. The maximum Gasteiger partial charge on any atom is 0.272 e. The SMILES string of the molecule is Cn1ncnc1C1CNc2cc(F)cc3c(=O)[nH]nc1c23.NCCCOc1ccccc1. The number of aromatic amines is 1. The number of nitrogens with zero attached hydrogens (tertiary/aromatic N) is 4. The molecule has 166 valence electrons. The third kappa shape index (κ3) is 4.45. The first-order chi connectivity index (χ1) is 15.6. The molecule has 0 fully saturated rings. The fourth-order valence-electron chi connectivity index (χ4n) is 3.61. The van der Waals surface area contributed by atoms with E-state index in [0.717, 1.165) is 18.0 Å². The van der Waals surface area contributed by atoms with Gasteiger partial charge < -0.3 is 15.8 Å². The summed E-state index contributed by atoms with van der Waals surface area (Å²) in [5.41, 5.74) is 6.16. The fourth-order valence-corrected chi connectivity index (χ4v) is 3.61. The van der Waals surface area contributed by atoms with Gasteiger partial charge in [0.15, 0.2) is 0 Å². The minimum Gasteiger partial charge on any atom is -0.494 e. The Kier molecular flexibility index (Phi) is 6.41. The third-order valence-corrected chi connectivity index (χ3v) is 5.13. The van der Waals surface area contributed by atoms with Crippen LogP contribution in [0.2, 0.25) is 0 Å². The summed E-state index contributed by atoms with van der Waals surface area (Å²) < 4.78 is 20.6. The van der Waals surface area contributed by atoms with Crippen molar-refractivity contribution in [1.82, 2.24) is 25.0 Å². The highest BCUT2D eigenvalue weighted by Gasteiger charge is 2.29. The van der Waals surface area contributed by atoms with Gasteiger partial charge in [0.25, 0.3) is 5.56 Å². The van der Waals surface area contributed by atoms with Crippen molar-refractivity contribution in [2.45, 2.75) is 12.3 Å². The van der Waals surface area contributed by atoms with E-state index in [2.05, 4.69) is 25.6 Å². The molecule has 9 nitrogen and oxygen atoms in total. The van der Waals surface area contributed by atoms with Crippen LogP contribution in [0.4, 0.5) is 10.1 Å². The van der Waals surface area contributed by atoms with Gasteiger partial charge in [0.2, 0.25) is 0 Å². The van der Waals surface area contributed by atoms with E-state index in [1.807, 2.05) is 30.3 Å². The summed E-state index contributed by atoms with van der Waals surface area (Å²) in [6.07, 6.45) is 2.38. The van der Waals surface area contributed by atoms with Gasteiger partial charge in [0.05, 0.1) is 23.6 Å². The second-order valence-corrected chi connectivity index (χ2v) is 7.29. The number of ether oxygens (including phenoxy) is 1. The second kappa shape index (κ2) is 9.56. The summed E-state index contributed by atoms with van der Waals surface area (Å²) in [5.74, 6) is 1.04. The van der Waals surface area contributed by atoms with E-state index in [9.17, 15) is 9.18 Å². The Labute approximate surface area is 183 Å². The number of nitrogens with two attached hydrogens (primary N) is 1. The number of para-hydroxylation sites is 1. The molecule has 10 heteroatoms. The number of nitrogens with one attached hydrogen (secondary N) is 2. The molecule has 0 spiro atoms. The number of rotatable bonds is 5. The van der Waals surface area contributed by atoms with E-state index in [4.69, 9.17) is 10.5 Å². The zero-order chi connectivity index (χ0) is 22.5. The molecule has 2 aromatic carbocycles. The second-order valence-electron chi connectivity index (χ2n) is 7.29. The lowest BCUT2D eigenvalue weighted by Gasteiger charge is -2.24. The van der Waals surface area contributed by atoms with E-state index in [-0.39, 0.29) is 11.3 Å². The van der Waals surface area contributed by atoms with Crippen LogP contribution in [0.25, 0.3) is 10.8 Å². The molecule has 5 rings (SSSR count). The molecule has 3 heterocycles. The molecular formula is C22H24FN7O2. The van der Waals surface area contributed by atoms with Gasteiger partial charge in [-0.1, -0.05) is 18.2 Å². The molecule has 4 N–H and O–H groups in total. The van der Waals surface area contributed by atoms with Gasteiger partial charge in [-0.2, -0.15) is 10.2 Å². The molecule has 0 saturated heterocycles. The standard InChI is InChI=1S/C13H11FN6O.C9H13NO/c1-20-12(16-5-17-20)8-4-15-9-3-6(14)2-7-10(9)11(8)18-19-13(7)21;10-7-4-8-11-9-5-2-1-3-6-9/h2-3,5,8,15H,4H2,1H3,(H,19,21);1-3,5-6H,4,7-8,10H2. The van der Waals surface area contributed by atoms with Crippen LogP contribution in [-0.2, 0) is 7.05 Å². The third-order valence-electron chi connectivity index (χ3n) is 5.13. The highest BCUT2D eigenvalue weighted by Crippen LogP contribution is 2.35. The van der Waals surface area contributed by atoms with Crippen LogP contribution in [0.15, 0.2) is 53.6 Å². The van der Waals surface area contributed by atoms with Crippen molar-refractivity contribution in [1.29, 1.82) is 0 Å². The summed E-state index contributed by atoms with van der Waals surface area (Å²) in [7, 11) is 1.80. The number of anilines is 1. The van der Waals surface area contributed by atoms with E-state index < -0.39 is 11.4 Å². The van der Waals surface area contributed by atoms with Crippen LogP contribution >= 0.6 is 0 Å². The average molecular weight is 437 g/mol. The van der Waals surface area contributed by atoms with E-state index in [1.54, 1.807) is 11.7 Å². The van der Waals surface area contributed by atoms with Gasteiger partial charge in [-0.05, 0) is 37.2 Å². The zero-order valence-corrected chi connectivity index (χ0v) is 17.6. The van der Waals surface area contributed by atoms with Crippen LogP contribution in [0.3, 0.4) is 0 Å². The van der Waals surface area contributed by atoms with E-state index >= 15 is 0 Å². The summed E-state index contributed by atoms with van der Waals surface area (Å²) in [4.78, 5) is 16.1. The zero-order valence-electron chi connectivity index (χ0n) is 17.6. The Morgan fingerprint density at radius 2 is 2.09 bits per heavy atom. The highest BCUT2D eigenvalue weighted by molar-refractivity contribution is 5.96. The van der Waals surface area contributed by atoms with Gasteiger partial charge in [-0.25, -0.2) is 14.5 Å². The van der Waals surface area contributed by atoms with Crippen molar-refractivity contribution in [3.05, 3.63) is 76.5 Å². The normalized spacial score (nSPS) is 14.4. The van der Waals surface area contributed by atoms with Crippen LogP contribution in [0.1, 0.15) is 23.9 Å². The molecule has 32 heavy (non-hydrogen) atoms. The Morgan fingerprint density at radius 1 is 1.28 bits per heavy atom. The van der Waals surface area contributed by atoms with Crippen molar-refractivity contribution < 1.29 is 9.13 Å². The lowest BCUT2D eigenvalue weighted by molar-refractivity contribution is 0.313. The minimum atomic E-state index is -0.454. The Balaban J connectivity index is 0.000000189. The molecule has 0 amide bonds. The molecular weight excluding hydrogens is 413 g/mol. The Morgan fingerprint density at radius 3 is 2.81 bits per heavy atom. The monoisotopic (exact) mass is 437 g/mol. The number of benzene rings is 2. The number of aryl methyl sites for hydroxylation is 1. The molecule has 0 saturated carbocycles. The van der Waals surface area contributed by atoms with Crippen molar-refractivity contribution in [3.8, 4) is 5.75 Å². The van der Waals surface area contributed by atoms with Gasteiger partial charge in [-0.15, -0.1) is 0 Å². The predicted octanol–water partition coefficient (Wildman–Crippen LogP) is 2.16. The molecule has 1 aliphatic heterocycles. The van der Waals surface area contributed by atoms with Gasteiger partial charge in [0.1, 0.15) is 23.7 Å². The molecule has 0 aliphatic carbocycles. The predicted molar refractivity (Wildman–Crippen MR) is 119 cm³/mol. The molecule has 1 unspecified atom stereocenters. The van der Waals surface area contributed by atoms with Crippen LogP contribution in [0.5, 0.6) is 5.75 Å². The molecule has 0 bridgehead atoms. The summed E-state index contributed by atoms with van der Waals surface area (Å²) in [6, 6.07) is 12.4. The Bertz CT molecular complexity index is 1260. The first-order valence-corrected chi connectivity index (χ1v) is 10.3. The summed E-state index contributed by atoms with van der Waals surface area (Å²) in [6.45, 7) is 1.91. The number of hydrogen-bond acceptors (Lipinski definition) is 7. The van der Waals surface area contributed by atoms with Crippen LogP contribution < -0.4 is 21.3 Å². The number of hydrogen-bond donors (Lipinski definition) is 3. The highest BCUT2D eigenvalue weighted by atomic mass is 19.1. The van der Waals surface area contributed by atoms with Crippen LogP contribution in [-0.4, -0.2) is 44.7 Å². The minimum absolute atomic E-state index is 0.158. The molecule has 2 aromatic heterocycles. The maximum absolute atomic E-state index is 13.6.